The summed E-state index contributed by atoms with van der Waals surface area (Å²) in [6.45, 7) is 1.16. The lowest BCUT2D eigenvalue weighted by molar-refractivity contribution is 0.241. The van der Waals surface area contributed by atoms with Gasteiger partial charge in [-0.3, -0.25) is 10.3 Å². The number of nitrogens with zero attached hydrogens (tertiary/aromatic N) is 3. The van der Waals surface area contributed by atoms with Gasteiger partial charge in [0.15, 0.2) is 6.19 Å². The third-order valence-corrected chi connectivity index (χ3v) is 9.86. The number of nitrogens with one attached hydrogen (secondary N) is 2. The number of sulfonamides is 1. The third-order valence-electron chi connectivity index (χ3n) is 6.83. The maximum Gasteiger partial charge on any atom is 0.243 e. The summed E-state index contributed by atoms with van der Waals surface area (Å²) >= 11 is 1.65. The van der Waals surface area contributed by atoms with Crippen molar-refractivity contribution in [1.82, 2.24) is 14.9 Å². The van der Waals surface area contributed by atoms with Crippen molar-refractivity contribution in [2.24, 2.45) is 4.99 Å². The van der Waals surface area contributed by atoms with Crippen molar-refractivity contribution in [3.63, 3.8) is 0 Å². The Bertz CT molecular complexity index is 1110. The largest absolute Gasteiger partial charge is 0.353 e. The number of piperidine rings is 1. The molecule has 7 nitrogen and oxygen atoms in total. The molecule has 0 bridgehead atoms. The number of guanidine groups is 1. The Hall–Kier alpha value is -2.48. The van der Waals surface area contributed by atoms with Crippen molar-refractivity contribution < 1.29 is 12.8 Å². The average molecular weight is 504 g/mol. The zero-order valence-electron chi connectivity index (χ0n) is 19.0. The summed E-state index contributed by atoms with van der Waals surface area (Å²) in [5, 5.41) is 17.4. The summed E-state index contributed by atoms with van der Waals surface area (Å²) in [6, 6.07) is 9.36. The Morgan fingerprint density at radius 2 is 1.88 bits per heavy atom. The highest BCUT2D eigenvalue weighted by atomic mass is 32.2. The number of thiophene rings is 1. The van der Waals surface area contributed by atoms with Gasteiger partial charge in [0.1, 0.15) is 5.82 Å². The molecule has 2 aliphatic rings. The van der Waals surface area contributed by atoms with Crippen LogP contribution in [0.1, 0.15) is 49.8 Å². The quantitative estimate of drug-likeness (QED) is 0.269. The van der Waals surface area contributed by atoms with Gasteiger partial charge in [-0.2, -0.15) is 9.57 Å². The number of nitriles is 1. The molecule has 34 heavy (non-hydrogen) atoms. The van der Waals surface area contributed by atoms with Gasteiger partial charge in [-0.05, 0) is 61.4 Å². The Balaban J connectivity index is 1.51. The second kappa shape index (κ2) is 10.8. The van der Waals surface area contributed by atoms with Gasteiger partial charge in [0.25, 0.3) is 0 Å². The van der Waals surface area contributed by atoms with E-state index in [1.165, 1.54) is 52.7 Å². The predicted octanol–water partition coefficient (Wildman–Crippen LogP) is 3.96. The van der Waals surface area contributed by atoms with Crippen LogP contribution in [0.2, 0.25) is 0 Å². The van der Waals surface area contributed by atoms with Gasteiger partial charge in [-0.15, -0.1) is 11.3 Å². The zero-order valence-corrected chi connectivity index (χ0v) is 20.7. The molecule has 1 aliphatic heterocycles. The summed E-state index contributed by atoms with van der Waals surface area (Å²) in [5.74, 6) is 0.0301. The van der Waals surface area contributed by atoms with E-state index in [9.17, 15) is 18.1 Å². The maximum atomic E-state index is 13.3. The number of rotatable bonds is 6. The molecule has 1 saturated heterocycles. The highest BCUT2D eigenvalue weighted by Crippen LogP contribution is 2.39. The Morgan fingerprint density at radius 3 is 2.50 bits per heavy atom. The molecule has 182 valence electrons. The van der Waals surface area contributed by atoms with E-state index in [1.807, 2.05) is 17.6 Å². The first-order valence-electron chi connectivity index (χ1n) is 11.7. The van der Waals surface area contributed by atoms with E-state index in [1.54, 1.807) is 11.3 Å². The van der Waals surface area contributed by atoms with E-state index < -0.39 is 15.8 Å². The van der Waals surface area contributed by atoms with Gasteiger partial charge in [0, 0.05) is 29.4 Å². The summed E-state index contributed by atoms with van der Waals surface area (Å²) in [5.41, 5.74) is -0.306. The highest BCUT2D eigenvalue weighted by Gasteiger charge is 2.40. The standard InChI is InChI=1S/C24H30FN5O2S2/c25-19-8-10-21(11-9-19)34(31,32)30-14-12-24(13-15-30,22-7-4-16-33-22)17-27-23(28-18-26)29-20-5-2-1-3-6-20/h4,7-11,16,20H,1-3,5-6,12-15,17H2,(H2,27,28,29). The number of aliphatic imine (C=N–C) groups is 1. The van der Waals surface area contributed by atoms with Crippen LogP contribution in [0.3, 0.4) is 0 Å². The van der Waals surface area contributed by atoms with Gasteiger partial charge >= 0.3 is 0 Å². The van der Waals surface area contributed by atoms with Gasteiger partial charge in [-0.1, -0.05) is 25.3 Å². The fraction of sp³-hybridized carbons (Fsp3) is 0.500. The SMILES string of the molecule is N#CNC(=NCC1(c2cccs2)CCN(S(=O)(=O)c2ccc(F)cc2)CC1)NC1CCCCC1. The third kappa shape index (κ3) is 5.59. The molecule has 0 radical (unpaired) electrons. The van der Waals surface area contributed by atoms with Crippen LogP contribution in [-0.2, 0) is 15.4 Å². The Kier molecular flexibility index (Phi) is 7.86. The van der Waals surface area contributed by atoms with Gasteiger partial charge < -0.3 is 5.32 Å². The number of hydrogen-bond acceptors (Lipinski definition) is 5. The van der Waals surface area contributed by atoms with Crippen LogP contribution in [0.4, 0.5) is 4.39 Å². The molecule has 2 heterocycles. The molecule has 1 saturated carbocycles. The van der Waals surface area contributed by atoms with Gasteiger partial charge in [0.05, 0.1) is 11.4 Å². The highest BCUT2D eigenvalue weighted by molar-refractivity contribution is 7.89. The van der Waals surface area contributed by atoms with Crippen LogP contribution in [0.5, 0.6) is 0 Å². The first-order chi connectivity index (χ1) is 16.4. The Morgan fingerprint density at radius 1 is 1.18 bits per heavy atom. The summed E-state index contributed by atoms with van der Waals surface area (Å²) < 4.78 is 40.9. The van der Waals surface area contributed by atoms with Crippen LogP contribution < -0.4 is 10.6 Å². The molecular weight excluding hydrogens is 473 g/mol. The fourth-order valence-electron chi connectivity index (χ4n) is 4.82. The van der Waals surface area contributed by atoms with Crippen LogP contribution in [0, 0.1) is 17.3 Å². The van der Waals surface area contributed by atoms with E-state index in [4.69, 9.17) is 4.99 Å². The van der Waals surface area contributed by atoms with Crippen LogP contribution in [0.15, 0.2) is 51.7 Å². The van der Waals surface area contributed by atoms with Crippen LogP contribution in [0.25, 0.3) is 0 Å². The minimum atomic E-state index is -3.69. The fourth-order valence-corrected chi connectivity index (χ4v) is 7.24. The molecule has 0 atom stereocenters. The normalized spacial score (nSPS) is 19.9. The maximum absolute atomic E-state index is 13.3. The van der Waals surface area contributed by atoms with E-state index in [2.05, 4.69) is 16.7 Å². The molecule has 0 spiro atoms. The van der Waals surface area contributed by atoms with Gasteiger partial charge in [0.2, 0.25) is 16.0 Å². The molecule has 1 aromatic carbocycles. The summed E-state index contributed by atoms with van der Waals surface area (Å²) in [6.07, 6.45) is 8.94. The smallest absolute Gasteiger partial charge is 0.243 e. The second-order valence-corrected chi connectivity index (χ2v) is 11.9. The second-order valence-electron chi connectivity index (χ2n) is 9.00. The predicted molar refractivity (Wildman–Crippen MR) is 131 cm³/mol. The minimum absolute atomic E-state index is 0.104. The van der Waals surface area contributed by atoms with Crippen molar-refractivity contribution in [1.29, 1.82) is 5.26 Å². The molecule has 2 N–H and O–H groups in total. The minimum Gasteiger partial charge on any atom is -0.353 e. The molecular formula is C24H30FN5O2S2. The number of benzene rings is 1. The van der Waals surface area contributed by atoms with Crippen LogP contribution >= 0.6 is 11.3 Å². The molecule has 0 amide bonds. The van der Waals surface area contributed by atoms with E-state index in [-0.39, 0.29) is 10.3 Å². The first-order valence-corrected chi connectivity index (χ1v) is 14.0. The lowest BCUT2D eigenvalue weighted by Crippen LogP contribution is -2.47. The Labute approximate surface area is 204 Å². The van der Waals surface area contributed by atoms with Crippen LogP contribution in [-0.4, -0.2) is 44.4 Å². The number of halogens is 1. The van der Waals surface area contributed by atoms with Crippen molar-refractivity contribution in [2.75, 3.05) is 19.6 Å². The molecule has 2 fully saturated rings. The molecule has 10 heteroatoms. The van der Waals surface area contributed by atoms with E-state index >= 15 is 0 Å². The monoisotopic (exact) mass is 503 g/mol. The summed E-state index contributed by atoms with van der Waals surface area (Å²) in [7, 11) is -3.69. The topological polar surface area (TPSA) is 97.6 Å². The molecule has 1 aliphatic carbocycles. The van der Waals surface area contributed by atoms with Crippen molar-refractivity contribution in [2.45, 2.75) is 61.3 Å². The van der Waals surface area contributed by atoms with Crippen molar-refractivity contribution >= 4 is 27.3 Å². The molecule has 0 unspecified atom stereocenters. The summed E-state index contributed by atoms with van der Waals surface area (Å²) in [4.78, 5) is 6.06. The zero-order chi connectivity index (χ0) is 24.0. The first kappa shape index (κ1) is 24.6. The van der Waals surface area contributed by atoms with Crippen molar-refractivity contribution in [3.8, 4) is 6.19 Å². The van der Waals surface area contributed by atoms with Gasteiger partial charge in [-0.25, -0.2) is 12.8 Å². The molecule has 4 rings (SSSR count). The lowest BCUT2D eigenvalue weighted by Gasteiger charge is -2.40. The average Bonchev–Trinajstić information content (AvgIpc) is 3.40. The number of hydrogen-bond donors (Lipinski definition) is 2. The lowest BCUT2D eigenvalue weighted by atomic mass is 9.77. The molecule has 2 aromatic rings. The van der Waals surface area contributed by atoms with E-state index in [0.29, 0.717) is 44.5 Å². The molecule has 1 aromatic heterocycles. The van der Waals surface area contributed by atoms with E-state index in [0.717, 1.165) is 12.8 Å². The van der Waals surface area contributed by atoms with Crippen molar-refractivity contribution in [3.05, 3.63) is 52.5 Å².